The molecule has 0 unspecified atom stereocenters. The Morgan fingerprint density at radius 2 is 2.05 bits per heavy atom. The Hall–Kier alpha value is -1.92. The molecular formula is C13H14O6. The molecule has 102 valence electrons. The van der Waals surface area contributed by atoms with Crippen LogP contribution >= 0.6 is 0 Å². The first kappa shape index (κ1) is 13.5. The third-order valence-electron chi connectivity index (χ3n) is 2.38. The molecule has 2 atom stereocenters. The fraction of sp³-hybridized carbons (Fsp3) is 0.385. The van der Waals surface area contributed by atoms with Gasteiger partial charge in [0.15, 0.2) is 6.29 Å². The number of carbonyl (C=O) groups excluding carboxylic acids is 2. The monoisotopic (exact) mass is 266 g/mol. The highest BCUT2D eigenvalue weighted by Gasteiger charge is 2.29. The maximum absolute atomic E-state index is 11.6. The predicted molar refractivity (Wildman–Crippen MR) is 63.1 cm³/mol. The maximum atomic E-state index is 11.6. The van der Waals surface area contributed by atoms with Crippen LogP contribution in [0, 0.1) is 0 Å². The fourth-order valence-corrected chi connectivity index (χ4v) is 1.57. The van der Waals surface area contributed by atoms with Gasteiger partial charge in [0, 0.05) is 6.92 Å². The van der Waals surface area contributed by atoms with Crippen molar-refractivity contribution in [2.45, 2.75) is 19.5 Å². The summed E-state index contributed by atoms with van der Waals surface area (Å²) in [5, 5.41) is 0. The molecule has 0 saturated carbocycles. The second-order valence-corrected chi connectivity index (χ2v) is 3.90. The molecule has 1 aliphatic heterocycles. The fourth-order valence-electron chi connectivity index (χ4n) is 1.57. The molecule has 0 spiro atoms. The van der Waals surface area contributed by atoms with E-state index in [9.17, 15) is 9.59 Å². The average Bonchev–Trinajstić information content (AvgIpc) is 2.84. The van der Waals surface area contributed by atoms with Crippen LogP contribution in [0.25, 0.3) is 0 Å². The number of hydrogen-bond acceptors (Lipinski definition) is 6. The van der Waals surface area contributed by atoms with Crippen LogP contribution in [-0.4, -0.2) is 37.7 Å². The van der Waals surface area contributed by atoms with E-state index in [4.69, 9.17) is 18.9 Å². The highest BCUT2D eigenvalue weighted by Crippen LogP contribution is 2.14. The molecule has 1 fully saturated rings. The summed E-state index contributed by atoms with van der Waals surface area (Å²) in [7, 11) is 0. The van der Waals surface area contributed by atoms with Gasteiger partial charge in [0.05, 0.1) is 5.56 Å². The summed E-state index contributed by atoms with van der Waals surface area (Å²) >= 11 is 0. The van der Waals surface area contributed by atoms with Gasteiger partial charge in [0.1, 0.15) is 13.2 Å². The van der Waals surface area contributed by atoms with Crippen LogP contribution in [0.15, 0.2) is 30.3 Å². The molecule has 6 heteroatoms. The normalized spacial score (nSPS) is 21.9. The van der Waals surface area contributed by atoms with E-state index in [1.807, 2.05) is 6.07 Å². The molecule has 1 aliphatic rings. The van der Waals surface area contributed by atoms with Gasteiger partial charge in [-0.2, -0.15) is 0 Å². The molecule has 0 amide bonds. The Morgan fingerprint density at radius 1 is 1.32 bits per heavy atom. The highest BCUT2D eigenvalue weighted by atomic mass is 16.8. The summed E-state index contributed by atoms with van der Waals surface area (Å²) in [6.45, 7) is 1.37. The van der Waals surface area contributed by atoms with Crippen LogP contribution in [0.5, 0.6) is 0 Å². The first-order valence-electron chi connectivity index (χ1n) is 5.81. The van der Waals surface area contributed by atoms with Crippen molar-refractivity contribution in [1.29, 1.82) is 0 Å². The highest BCUT2D eigenvalue weighted by molar-refractivity contribution is 5.89. The van der Waals surface area contributed by atoms with E-state index in [2.05, 4.69) is 0 Å². The number of ether oxygens (including phenoxy) is 4. The quantitative estimate of drug-likeness (QED) is 0.760. The van der Waals surface area contributed by atoms with Crippen molar-refractivity contribution in [3.63, 3.8) is 0 Å². The molecule has 1 aromatic carbocycles. The Kier molecular flexibility index (Phi) is 4.48. The van der Waals surface area contributed by atoms with E-state index in [1.54, 1.807) is 24.3 Å². The van der Waals surface area contributed by atoms with Gasteiger partial charge in [-0.15, -0.1) is 0 Å². The van der Waals surface area contributed by atoms with Gasteiger partial charge in [-0.25, -0.2) is 4.79 Å². The standard InChI is InChI=1S/C13H14O6/c1-9(14)18-12-8-16-11(19-12)7-17-13(15)10-5-3-2-4-6-10/h2-6,11-12H,7-8H2,1H3/t11-,12+/m1/s1. The number of benzene rings is 1. The van der Waals surface area contributed by atoms with E-state index in [1.165, 1.54) is 6.92 Å². The second-order valence-electron chi connectivity index (χ2n) is 3.90. The van der Waals surface area contributed by atoms with Crippen LogP contribution in [0.2, 0.25) is 0 Å². The van der Waals surface area contributed by atoms with Gasteiger partial charge >= 0.3 is 11.9 Å². The summed E-state index contributed by atoms with van der Waals surface area (Å²) in [5.41, 5.74) is 0.456. The van der Waals surface area contributed by atoms with Crippen LogP contribution < -0.4 is 0 Å². The number of rotatable bonds is 4. The minimum absolute atomic E-state index is 0.0501. The molecule has 1 aromatic rings. The summed E-state index contributed by atoms with van der Waals surface area (Å²) < 4.78 is 20.2. The van der Waals surface area contributed by atoms with E-state index in [-0.39, 0.29) is 13.2 Å². The summed E-state index contributed by atoms with van der Waals surface area (Å²) in [5.74, 6) is -0.903. The zero-order valence-corrected chi connectivity index (χ0v) is 10.4. The topological polar surface area (TPSA) is 71.1 Å². The molecule has 1 heterocycles. The second kappa shape index (κ2) is 6.31. The van der Waals surface area contributed by atoms with E-state index >= 15 is 0 Å². The lowest BCUT2D eigenvalue weighted by Gasteiger charge is -2.11. The first-order chi connectivity index (χ1) is 9.15. The summed E-state index contributed by atoms with van der Waals surface area (Å²) in [4.78, 5) is 22.4. The lowest BCUT2D eigenvalue weighted by molar-refractivity contribution is -0.177. The van der Waals surface area contributed by atoms with Gasteiger partial charge in [0.25, 0.3) is 0 Å². The van der Waals surface area contributed by atoms with Crippen LogP contribution in [0.4, 0.5) is 0 Å². The van der Waals surface area contributed by atoms with Crippen LogP contribution in [0.3, 0.4) is 0 Å². The van der Waals surface area contributed by atoms with Crippen molar-refractivity contribution >= 4 is 11.9 Å². The molecular weight excluding hydrogens is 252 g/mol. The van der Waals surface area contributed by atoms with Gasteiger partial charge in [-0.3, -0.25) is 4.79 Å². The lowest BCUT2D eigenvalue weighted by atomic mass is 10.2. The Labute approximate surface area is 110 Å². The molecule has 0 radical (unpaired) electrons. The molecule has 0 bridgehead atoms. The van der Waals surface area contributed by atoms with Crippen molar-refractivity contribution in [1.82, 2.24) is 0 Å². The lowest BCUT2D eigenvalue weighted by Crippen LogP contribution is -2.22. The van der Waals surface area contributed by atoms with Crippen molar-refractivity contribution in [3.05, 3.63) is 35.9 Å². The zero-order valence-electron chi connectivity index (χ0n) is 10.4. The SMILES string of the molecule is CC(=O)O[C@@H]1CO[C@@H](COC(=O)c2ccccc2)O1. The van der Waals surface area contributed by atoms with Crippen LogP contribution in [-0.2, 0) is 23.7 Å². The maximum Gasteiger partial charge on any atom is 0.338 e. The van der Waals surface area contributed by atoms with Crippen molar-refractivity contribution < 1.29 is 28.5 Å². The number of hydrogen-bond donors (Lipinski definition) is 0. The zero-order chi connectivity index (χ0) is 13.7. The number of esters is 2. The van der Waals surface area contributed by atoms with Crippen molar-refractivity contribution in [2.24, 2.45) is 0 Å². The predicted octanol–water partition coefficient (Wildman–Crippen LogP) is 1.11. The smallest absolute Gasteiger partial charge is 0.338 e. The molecule has 0 N–H and O–H groups in total. The van der Waals surface area contributed by atoms with Gasteiger partial charge in [-0.05, 0) is 12.1 Å². The molecule has 0 aliphatic carbocycles. The van der Waals surface area contributed by atoms with Gasteiger partial charge in [-0.1, -0.05) is 18.2 Å². The molecule has 0 aromatic heterocycles. The van der Waals surface area contributed by atoms with Gasteiger partial charge in [0.2, 0.25) is 6.29 Å². The minimum atomic E-state index is -0.738. The molecule has 6 nitrogen and oxygen atoms in total. The van der Waals surface area contributed by atoms with E-state index in [0.29, 0.717) is 5.56 Å². The molecule has 1 saturated heterocycles. The van der Waals surface area contributed by atoms with E-state index in [0.717, 1.165) is 0 Å². The average molecular weight is 266 g/mol. The molecule has 19 heavy (non-hydrogen) atoms. The van der Waals surface area contributed by atoms with Crippen molar-refractivity contribution in [3.8, 4) is 0 Å². The third kappa shape index (κ3) is 4.04. The van der Waals surface area contributed by atoms with Gasteiger partial charge < -0.3 is 18.9 Å². The number of carbonyl (C=O) groups is 2. The van der Waals surface area contributed by atoms with Crippen LogP contribution in [0.1, 0.15) is 17.3 Å². The largest absolute Gasteiger partial charge is 0.457 e. The Bertz CT molecular complexity index is 444. The summed E-state index contributed by atoms with van der Waals surface area (Å²) in [6, 6.07) is 8.61. The Balaban J connectivity index is 1.75. The minimum Gasteiger partial charge on any atom is -0.457 e. The molecule has 2 rings (SSSR count). The van der Waals surface area contributed by atoms with E-state index < -0.39 is 24.5 Å². The van der Waals surface area contributed by atoms with Crippen molar-refractivity contribution in [2.75, 3.05) is 13.2 Å². The third-order valence-corrected chi connectivity index (χ3v) is 2.38. The summed E-state index contributed by atoms with van der Waals surface area (Å²) in [6.07, 6.45) is -1.45. The Morgan fingerprint density at radius 3 is 2.74 bits per heavy atom. The first-order valence-corrected chi connectivity index (χ1v) is 5.81.